The van der Waals surface area contributed by atoms with Gasteiger partial charge in [0.05, 0.1) is 17.8 Å². The summed E-state index contributed by atoms with van der Waals surface area (Å²) in [5.74, 6) is -1.63. The van der Waals surface area contributed by atoms with E-state index in [4.69, 9.17) is 12.6 Å². The van der Waals surface area contributed by atoms with E-state index in [0.717, 1.165) is 44.9 Å². The van der Waals surface area contributed by atoms with E-state index in [1.807, 2.05) is 33.8 Å². The van der Waals surface area contributed by atoms with Gasteiger partial charge in [0.2, 0.25) is 5.91 Å². The van der Waals surface area contributed by atoms with Gasteiger partial charge in [-0.1, -0.05) is 33.4 Å². The summed E-state index contributed by atoms with van der Waals surface area (Å²) in [4.78, 5) is 39.6. The number of carbonyl (C=O) groups is 3. The number of rotatable bonds is 12. The van der Waals surface area contributed by atoms with Crippen LogP contribution >= 0.6 is 12.6 Å². The van der Waals surface area contributed by atoms with Gasteiger partial charge in [-0.2, -0.15) is 17.6 Å². The van der Waals surface area contributed by atoms with Crippen molar-refractivity contribution in [1.82, 2.24) is 25.6 Å². The van der Waals surface area contributed by atoms with Crippen LogP contribution < -0.4 is 10.6 Å². The second-order valence-corrected chi connectivity index (χ2v) is 14.1. The summed E-state index contributed by atoms with van der Waals surface area (Å²) in [7, 11) is 0. The van der Waals surface area contributed by atoms with Crippen LogP contribution in [0.2, 0.25) is 0 Å². The number of carbonyl (C=O) groups excluding carboxylic acids is 1. The van der Waals surface area contributed by atoms with Crippen LogP contribution in [0.4, 0.5) is 0 Å². The Labute approximate surface area is 268 Å². The second-order valence-electron chi connectivity index (χ2n) is 13.3. The van der Waals surface area contributed by atoms with Crippen molar-refractivity contribution < 1.29 is 29.7 Å². The summed E-state index contributed by atoms with van der Waals surface area (Å²) in [5.41, 5.74) is 6.99. The lowest BCUT2D eigenvalue weighted by atomic mass is 9.84. The first-order valence-electron chi connectivity index (χ1n) is 15.7. The lowest BCUT2D eigenvalue weighted by Crippen LogP contribution is -2.46. The molecule has 1 amide bonds. The molecule has 9 atom stereocenters. The van der Waals surface area contributed by atoms with Crippen molar-refractivity contribution in [2.24, 2.45) is 17.8 Å². The van der Waals surface area contributed by atoms with Gasteiger partial charge in [-0.3, -0.25) is 19.4 Å². The molecular formula is C33H43N5O6S. The molecule has 0 aliphatic carbocycles. The van der Waals surface area contributed by atoms with Gasteiger partial charge >= 0.3 is 11.9 Å². The number of aromatic nitrogens is 1. The number of hydrogen-bond acceptors (Lipinski definition) is 8. The molecule has 6 N–H and O–H groups in total. The van der Waals surface area contributed by atoms with E-state index in [9.17, 15) is 29.7 Å². The SMILES string of the molecule is C=CC1=C(O)N[C@H](Cc2[nH]c(/C=C3/C(CCC(=O)O)=C(C)[C@]45[C@H](C6NC(=O)[C@H](C)[C@H]6[C@H](C)S)N4N35)c(CCC(=O)O)c2C)C1C. The number of aromatic amines is 1. The van der Waals surface area contributed by atoms with E-state index < -0.39 is 11.9 Å². The van der Waals surface area contributed by atoms with Crippen molar-refractivity contribution in [2.45, 2.75) is 95.8 Å². The summed E-state index contributed by atoms with van der Waals surface area (Å²) in [5, 5.41) is 40.4. The van der Waals surface area contributed by atoms with Gasteiger partial charge in [-0.05, 0) is 55.0 Å². The number of nitrogens with one attached hydrogen (secondary N) is 3. The molecule has 1 aromatic heterocycles. The van der Waals surface area contributed by atoms with Crippen LogP contribution in [0, 0.1) is 24.7 Å². The molecule has 3 fully saturated rings. The van der Waals surface area contributed by atoms with Gasteiger partial charge < -0.3 is 30.9 Å². The van der Waals surface area contributed by atoms with Gasteiger partial charge in [-0.25, -0.2) is 0 Å². The fourth-order valence-electron chi connectivity index (χ4n) is 8.39. The Morgan fingerprint density at radius 1 is 1.11 bits per heavy atom. The molecule has 6 heterocycles. The molecule has 0 saturated carbocycles. The monoisotopic (exact) mass is 637 g/mol. The number of carboxylic acid groups (broad SMARTS) is 2. The Morgan fingerprint density at radius 2 is 1.78 bits per heavy atom. The largest absolute Gasteiger partial charge is 0.495 e. The van der Waals surface area contributed by atoms with Crippen LogP contribution in [0.5, 0.6) is 0 Å². The number of thiol groups is 1. The quantitative estimate of drug-likeness (QED) is 0.134. The fraction of sp³-hybridized carbons (Fsp3) is 0.545. The van der Waals surface area contributed by atoms with Crippen molar-refractivity contribution in [1.29, 1.82) is 0 Å². The number of aliphatic carboxylic acids is 2. The zero-order valence-corrected chi connectivity index (χ0v) is 27.2. The number of nitrogens with zero attached hydrogens (tertiary/aromatic N) is 2. The normalized spacial score (nSPS) is 34.5. The minimum absolute atomic E-state index is 0.0136. The molecule has 1 spiro atoms. The Bertz CT molecular complexity index is 1590. The maximum atomic E-state index is 12.7. The third-order valence-corrected chi connectivity index (χ3v) is 11.3. The molecule has 1 aromatic rings. The highest BCUT2D eigenvalue weighted by Crippen LogP contribution is 2.75. The van der Waals surface area contributed by atoms with Gasteiger partial charge in [0.25, 0.3) is 0 Å². The van der Waals surface area contributed by atoms with Gasteiger partial charge in [0, 0.05) is 65.3 Å². The predicted octanol–water partition coefficient (Wildman–Crippen LogP) is 3.66. The lowest BCUT2D eigenvalue weighted by Gasteiger charge is -2.29. The molecule has 3 saturated heterocycles. The van der Waals surface area contributed by atoms with E-state index >= 15 is 0 Å². The number of hydrazine groups is 1. The highest BCUT2D eigenvalue weighted by molar-refractivity contribution is 7.80. The highest BCUT2D eigenvalue weighted by Gasteiger charge is 2.91. The molecular weight excluding hydrogens is 594 g/mol. The van der Waals surface area contributed by atoms with Crippen LogP contribution in [-0.4, -0.2) is 77.2 Å². The summed E-state index contributed by atoms with van der Waals surface area (Å²) in [6.45, 7) is 13.9. The van der Waals surface area contributed by atoms with Crippen molar-refractivity contribution >= 4 is 36.6 Å². The van der Waals surface area contributed by atoms with Crippen molar-refractivity contribution in [3.05, 3.63) is 63.5 Å². The summed E-state index contributed by atoms with van der Waals surface area (Å²) < 4.78 is 0. The molecule has 3 unspecified atom stereocenters. The van der Waals surface area contributed by atoms with Crippen molar-refractivity contribution in [2.75, 3.05) is 0 Å². The third kappa shape index (κ3) is 4.70. The minimum atomic E-state index is -0.883. The fourth-order valence-corrected chi connectivity index (χ4v) is 8.83. The summed E-state index contributed by atoms with van der Waals surface area (Å²) in [6.07, 6.45) is 4.95. The average molecular weight is 638 g/mol. The average Bonchev–Trinajstić information content (AvgIpc) is 3.68. The molecule has 11 nitrogen and oxygen atoms in total. The molecule has 12 heteroatoms. The highest BCUT2D eigenvalue weighted by atomic mass is 32.1. The zero-order chi connectivity index (χ0) is 32.7. The van der Waals surface area contributed by atoms with Crippen LogP contribution in [0.3, 0.4) is 0 Å². The first-order chi connectivity index (χ1) is 21.2. The Balaban J connectivity index is 1.35. The maximum Gasteiger partial charge on any atom is 0.303 e. The molecule has 242 valence electrons. The number of hydrogen-bond donors (Lipinski definition) is 7. The lowest BCUT2D eigenvalue weighted by molar-refractivity contribution is -0.138. The van der Waals surface area contributed by atoms with Gasteiger partial charge in [0.1, 0.15) is 0 Å². The molecule has 5 aliphatic rings. The molecule has 0 bridgehead atoms. The summed E-state index contributed by atoms with van der Waals surface area (Å²) >= 11 is 4.73. The van der Waals surface area contributed by atoms with Crippen LogP contribution in [0.15, 0.2) is 41.0 Å². The number of H-pyrrole nitrogens is 1. The van der Waals surface area contributed by atoms with Crippen LogP contribution in [-0.2, 0) is 27.2 Å². The van der Waals surface area contributed by atoms with Crippen molar-refractivity contribution in [3.8, 4) is 0 Å². The van der Waals surface area contributed by atoms with E-state index in [2.05, 4.69) is 39.1 Å². The Kier molecular flexibility index (Phi) is 7.67. The second kappa shape index (κ2) is 11.0. The van der Waals surface area contributed by atoms with Crippen LogP contribution in [0.25, 0.3) is 6.08 Å². The molecule has 6 rings (SSSR count). The predicted molar refractivity (Wildman–Crippen MR) is 172 cm³/mol. The first-order valence-corrected chi connectivity index (χ1v) is 16.2. The smallest absolute Gasteiger partial charge is 0.303 e. The van der Waals surface area contributed by atoms with E-state index in [1.165, 1.54) is 0 Å². The Hall–Kier alpha value is -3.64. The van der Waals surface area contributed by atoms with Gasteiger partial charge in [0.15, 0.2) is 11.5 Å². The summed E-state index contributed by atoms with van der Waals surface area (Å²) in [6, 6.07) is -0.0644. The van der Waals surface area contributed by atoms with E-state index in [-0.39, 0.29) is 71.4 Å². The van der Waals surface area contributed by atoms with Crippen LogP contribution in [0.1, 0.15) is 69.5 Å². The topological polar surface area (TPSA) is 158 Å². The Morgan fingerprint density at radius 3 is 2.38 bits per heavy atom. The maximum absolute atomic E-state index is 12.7. The number of amides is 1. The minimum Gasteiger partial charge on any atom is -0.495 e. The zero-order valence-electron chi connectivity index (χ0n) is 26.3. The van der Waals surface area contributed by atoms with Crippen molar-refractivity contribution in [3.63, 3.8) is 0 Å². The third-order valence-electron chi connectivity index (χ3n) is 10.9. The van der Waals surface area contributed by atoms with E-state index in [1.54, 1.807) is 6.08 Å². The molecule has 45 heavy (non-hydrogen) atoms. The standard InChI is InChI=1S/C33H43N5O6S/c1-7-19-14(2)23(35-32(19)44)12-22-15(3)20(8-10-26(39)40)24(34-22)13-25-21(9-11-27(41)42)17(5)33-30(38(33)37(25)33)29-28(18(6)45)16(4)31(43)36-29/h7,13-14,16,18,23,28-30,34-35,44-45H,1,8-12H2,2-6H3,(H,36,43)(H,39,40)(H,41,42)/b25-13-/t14?,16-,18+,23-,28+,29?,30+,33-,37?,38?/m1/s1. The van der Waals surface area contributed by atoms with E-state index in [0.29, 0.717) is 19.3 Å². The number of aliphatic hydroxyl groups is 1. The first kappa shape index (κ1) is 31.3. The number of allylic oxidation sites excluding steroid dienone is 2. The molecule has 5 aliphatic heterocycles. The number of aliphatic hydroxyl groups excluding tert-OH is 1. The molecule has 0 aromatic carbocycles. The van der Waals surface area contributed by atoms with Gasteiger partial charge in [-0.15, -0.1) is 0 Å². The molecule has 0 radical (unpaired) electrons. The number of carboxylic acids is 2. The number of fused-ring (bicyclic) bond motifs is 1.